The molecule has 1 fully saturated rings. The number of carbonyl (C=O) groups is 2. The molecule has 0 aromatic heterocycles. The summed E-state index contributed by atoms with van der Waals surface area (Å²) in [5.74, 6) is 0.471. The van der Waals surface area contributed by atoms with Crippen LogP contribution in [-0.4, -0.2) is 37.6 Å². The van der Waals surface area contributed by atoms with Gasteiger partial charge in [-0.3, -0.25) is 9.59 Å². The van der Waals surface area contributed by atoms with E-state index in [2.05, 4.69) is 10.6 Å². The average Bonchev–Trinajstić information content (AvgIpc) is 3.18. The Hall–Kier alpha value is -2.86. The maximum atomic E-state index is 13.0. The van der Waals surface area contributed by atoms with Gasteiger partial charge in [0.05, 0.1) is 0 Å². The van der Waals surface area contributed by atoms with Crippen molar-refractivity contribution in [2.75, 3.05) is 29.9 Å². The molecule has 2 aromatic carbocycles. The summed E-state index contributed by atoms with van der Waals surface area (Å²) in [5, 5.41) is 6.18. The van der Waals surface area contributed by atoms with Crippen molar-refractivity contribution in [2.24, 2.45) is 0 Å². The van der Waals surface area contributed by atoms with Crippen LogP contribution in [0.2, 0.25) is 0 Å². The number of anilines is 2. The number of rotatable bonds is 7. The molecule has 1 heterocycles. The SMILES string of the molecule is CC(=O)Nc1ccc(N(CC2CCCN2)C(=O)COc2cccc(C)c2)cc1. The zero-order valence-corrected chi connectivity index (χ0v) is 16.4. The van der Waals surface area contributed by atoms with Crippen molar-refractivity contribution >= 4 is 23.2 Å². The minimum atomic E-state index is -0.123. The summed E-state index contributed by atoms with van der Waals surface area (Å²) in [7, 11) is 0. The maximum absolute atomic E-state index is 13.0. The largest absolute Gasteiger partial charge is 0.484 e. The van der Waals surface area contributed by atoms with Gasteiger partial charge in [0.25, 0.3) is 5.91 Å². The number of aryl methyl sites for hydroxylation is 1. The fourth-order valence-electron chi connectivity index (χ4n) is 3.34. The highest BCUT2D eigenvalue weighted by Crippen LogP contribution is 2.21. The van der Waals surface area contributed by atoms with E-state index in [0.29, 0.717) is 18.0 Å². The fraction of sp³-hybridized carbons (Fsp3) is 0.364. The van der Waals surface area contributed by atoms with E-state index in [-0.39, 0.29) is 24.5 Å². The quantitative estimate of drug-likeness (QED) is 0.773. The Morgan fingerprint density at radius 1 is 1.21 bits per heavy atom. The lowest BCUT2D eigenvalue weighted by Crippen LogP contribution is -2.43. The second kappa shape index (κ2) is 9.37. The predicted molar refractivity (Wildman–Crippen MR) is 111 cm³/mol. The topological polar surface area (TPSA) is 70.7 Å². The lowest BCUT2D eigenvalue weighted by atomic mass is 10.2. The number of hydrogen-bond acceptors (Lipinski definition) is 4. The predicted octanol–water partition coefficient (Wildman–Crippen LogP) is 3.12. The molecule has 6 nitrogen and oxygen atoms in total. The first kappa shape index (κ1) is 19.9. The van der Waals surface area contributed by atoms with Gasteiger partial charge in [-0.25, -0.2) is 0 Å². The maximum Gasteiger partial charge on any atom is 0.264 e. The monoisotopic (exact) mass is 381 g/mol. The van der Waals surface area contributed by atoms with Gasteiger partial charge in [0, 0.05) is 30.9 Å². The van der Waals surface area contributed by atoms with Crippen LogP contribution in [0.5, 0.6) is 5.75 Å². The summed E-state index contributed by atoms with van der Waals surface area (Å²) in [6.45, 7) is 5.01. The van der Waals surface area contributed by atoms with Crippen LogP contribution in [0, 0.1) is 6.92 Å². The minimum absolute atomic E-state index is 0.0242. The van der Waals surface area contributed by atoms with E-state index in [1.54, 1.807) is 17.0 Å². The van der Waals surface area contributed by atoms with E-state index < -0.39 is 0 Å². The molecule has 1 aliphatic heterocycles. The van der Waals surface area contributed by atoms with Crippen LogP contribution in [0.25, 0.3) is 0 Å². The Morgan fingerprint density at radius 3 is 2.64 bits per heavy atom. The number of ether oxygens (including phenoxy) is 1. The van der Waals surface area contributed by atoms with Crippen LogP contribution < -0.4 is 20.3 Å². The second-order valence-electron chi connectivity index (χ2n) is 7.13. The molecule has 2 aromatic rings. The number of carbonyl (C=O) groups excluding carboxylic acids is 2. The second-order valence-corrected chi connectivity index (χ2v) is 7.13. The van der Waals surface area contributed by atoms with Crippen LogP contribution >= 0.6 is 0 Å². The van der Waals surface area contributed by atoms with Gasteiger partial charge in [0.15, 0.2) is 6.61 Å². The smallest absolute Gasteiger partial charge is 0.264 e. The standard InChI is InChI=1S/C22H27N3O3/c1-16-5-3-7-21(13-16)28-15-22(27)25(14-19-6-4-12-23-19)20-10-8-18(9-11-20)24-17(2)26/h3,5,7-11,13,19,23H,4,6,12,14-15H2,1-2H3,(H,24,26). The number of amides is 2. The number of hydrogen-bond donors (Lipinski definition) is 2. The van der Waals surface area contributed by atoms with Gasteiger partial charge in [-0.2, -0.15) is 0 Å². The van der Waals surface area contributed by atoms with E-state index in [9.17, 15) is 9.59 Å². The van der Waals surface area contributed by atoms with Crippen molar-refractivity contribution in [3.63, 3.8) is 0 Å². The minimum Gasteiger partial charge on any atom is -0.484 e. The van der Waals surface area contributed by atoms with Crippen molar-refractivity contribution in [3.8, 4) is 5.75 Å². The molecule has 1 saturated heterocycles. The zero-order valence-electron chi connectivity index (χ0n) is 16.4. The van der Waals surface area contributed by atoms with Gasteiger partial charge >= 0.3 is 0 Å². The molecular weight excluding hydrogens is 354 g/mol. The van der Waals surface area contributed by atoms with Crippen LogP contribution in [0.4, 0.5) is 11.4 Å². The highest BCUT2D eigenvalue weighted by Gasteiger charge is 2.23. The van der Waals surface area contributed by atoms with Gasteiger partial charge in [-0.05, 0) is 68.3 Å². The van der Waals surface area contributed by atoms with Crippen LogP contribution in [0.1, 0.15) is 25.3 Å². The van der Waals surface area contributed by atoms with Crippen molar-refractivity contribution in [3.05, 3.63) is 54.1 Å². The van der Waals surface area contributed by atoms with E-state index in [1.807, 2.05) is 43.3 Å². The van der Waals surface area contributed by atoms with Crippen molar-refractivity contribution in [2.45, 2.75) is 32.7 Å². The van der Waals surface area contributed by atoms with Crippen molar-refractivity contribution in [1.82, 2.24) is 5.32 Å². The first-order valence-corrected chi connectivity index (χ1v) is 9.62. The molecule has 2 N–H and O–H groups in total. The van der Waals surface area contributed by atoms with Crippen LogP contribution in [-0.2, 0) is 9.59 Å². The Kier molecular flexibility index (Phi) is 6.66. The number of benzene rings is 2. The Morgan fingerprint density at radius 2 is 2.00 bits per heavy atom. The van der Waals surface area contributed by atoms with Crippen molar-refractivity contribution in [1.29, 1.82) is 0 Å². The molecule has 148 valence electrons. The lowest BCUT2D eigenvalue weighted by Gasteiger charge is -2.26. The summed E-state index contributed by atoms with van der Waals surface area (Å²) in [4.78, 5) is 25.9. The first-order valence-electron chi connectivity index (χ1n) is 9.62. The van der Waals surface area contributed by atoms with Crippen molar-refractivity contribution < 1.29 is 14.3 Å². The molecule has 1 aliphatic rings. The summed E-state index contributed by atoms with van der Waals surface area (Å²) in [6.07, 6.45) is 2.17. The number of nitrogens with one attached hydrogen (secondary N) is 2. The first-order chi connectivity index (χ1) is 13.5. The highest BCUT2D eigenvalue weighted by atomic mass is 16.5. The molecule has 2 amide bonds. The third kappa shape index (κ3) is 5.57. The lowest BCUT2D eigenvalue weighted by molar-refractivity contribution is -0.120. The molecular formula is C22H27N3O3. The average molecular weight is 381 g/mol. The molecule has 1 atom stereocenters. The highest BCUT2D eigenvalue weighted by molar-refractivity contribution is 5.95. The summed E-state index contributed by atoms with van der Waals surface area (Å²) < 4.78 is 5.72. The van der Waals surface area contributed by atoms with Gasteiger partial charge in [0.1, 0.15) is 5.75 Å². The Bertz CT molecular complexity index is 814. The van der Waals surface area contributed by atoms with Gasteiger partial charge < -0.3 is 20.3 Å². The van der Waals surface area contributed by atoms with Crippen LogP contribution in [0.15, 0.2) is 48.5 Å². The van der Waals surface area contributed by atoms with Gasteiger partial charge in [0.2, 0.25) is 5.91 Å². The molecule has 1 unspecified atom stereocenters. The third-order valence-corrected chi connectivity index (χ3v) is 4.72. The molecule has 0 aliphatic carbocycles. The summed E-state index contributed by atoms with van der Waals surface area (Å²) in [5.41, 5.74) is 2.59. The molecule has 0 radical (unpaired) electrons. The van der Waals surface area contributed by atoms with Gasteiger partial charge in [-0.15, -0.1) is 0 Å². The fourth-order valence-corrected chi connectivity index (χ4v) is 3.34. The van der Waals surface area contributed by atoms with E-state index >= 15 is 0 Å². The molecule has 0 bridgehead atoms. The van der Waals surface area contributed by atoms with E-state index in [0.717, 1.165) is 30.6 Å². The molecule has 28 heavy (non-hydrogen) atoms. The van der Waals surface area contributed by atoms with Crippen LogP contribution in [0.3, 0.4) is 0 Å². The third-order valence-electron chi connectivity index (χ3n) is 4.72. The summed E-state index contributed by atoms with van der Waals surface area (Å²) in [6, 6.07) is 15.3. The Labute approximate surface area is 165 Å². The molecule has 0 spiro atoms. The molecule has 6 heteroatoms. The normalized spacial score (nSPS) is 15.9. The number of nitrogens with zero attached hydrogens (tertiary/aromatic N) is 1. The van der Waals surface area contributed by atoms with Gasteiger partial charge in [-0.1, -0.05) is 12.1 Å². The Balaban J connectivity index is 1.71. The zero-order chi connectivity index (χ0) is 19.9. The van der Waals surface area contributed by atoms with E-state index in [1.165, 1.54) is 6.92 Å². The van der Waals surface area contributed by atoms with E-state index in [4.69, 9.17) is 4.74 Å². The molecule has 0 saturated carbocycles. The summed E-state index contributed by atoms with van der Waals surface area (Å²) >= 11 is 0. The molecule has 3 rings (SSSR count).